The second-order valence-electron chi connectivity index (χ2n) is 7.09. The standard InChI is InChI=1S/C25H20FNO3S2/c1-16-7-3-4-8-17(16)15-30-22-12-11-19(29-2)13-18(22)14-23-24(28)27(25(31)32-23)21-10-6-5-9-20(21)26/h3-14H,15H2,1-2H3. The van der Waals surface area contributed by atoms with Gasteiger partial charge in [0.1, 0.15) is 23.9 Å². The van der Waals surface area contributed by atoms with Gasteiger partial charge in [-0.2, -0.15) is 0 Å². The molecule has 1 saturated heterocycles. The molecule has 3 aromatic rings. The van der Waals surface area contributed by atoms with Crippen LogP contribution < -0.4 is 14.4 Å². The summed E-state index contributed by atoms with van der Waals surface area (Å²) in [6.07, 6.45) is 1.70. The average Bonchev–Trinajstić information content (AvgIpc) is 3.07. The number of carbonyl (C=O) groups is 1. The minimum atomic E-state index is -0.506. The first-order chi connectivity index (χ1) is 15.5. The van der Waals surface area contributed by atoms with Crippen LogP contribution in [0.5, 0.6) is 11.5 Å². The molecular weight excluding hydrogens is 445 g/mol. The van der Waals surface area contributed by atoms with Crippen LogP contribution in [0, 0.1) is 12.7 Å². The number of halogens is 1. The second kappa shape index (κ2) is 9.54. The van der Waals surface area contributed by atoms with Gasteiger partial charge in [0.25, 0.3) is 5.91 Å². The van der Waals surface area contributed by atoms with Gasteiger partial charge in [-0.05, 0) is 54.5 Å². The van der Waals surface area contributed by atoms with Crippen LogP contribution in [0.25, 0.3) is 6.08 Å². The van der Waals surface area contributed by atoms with Gasteiger partial charge in [-0.15, -0.1) is 0 Å². The molecule has 1 amide bonds. The molecule has 3 aromatic carbocycles. The number of nitrogens with zero attached hydrogens (tertiary/aromatic N) is 1. The Kier molecular flexibility index (Phi) is 6.58. The van der Waals surface area contributed by atoms with Crippen LogP contribution in [-0.2, 0) is 11.4 Å². The number of aryl methyl sites for hydroxylation is 1. The van der Waals surface area contributed by atoms with E-state index >= 15 is 0 Å². The summed E-state index contributed by atoms with van der Waals surface area (Å²) in [4.78, 5) is 14.7. The van der Waals surface area contributed by atoms with Gasteiger partial charge in [-0.3, -0.25) is 9.69 Å². The van der Waals surface area contributed by atoms with Crippen LogP contribution in [0.2, 0.25) is 0 Å². The maximum atomic E-state index is 14.3. The molecule has 1 aliphatic heterocycles. The Morgan fingerprint density at radius 2 is 1.84 bits per heavy atom. The molecule has 1 heterocycles. The van der Waals surface area contributed by atoms with Crippen LogP contribution in [0.4, 0.5) is 10.1 Å². The summed E-state index contributed by atoms with van der Waals surface area (Å²) >= 11 is 6.49. The Morgan fingerprint density at radius 3 is 2.59 bits per heavy atom. The maximum Gasteiger partial charge on any atom is 0.270 e. The third kappa shape index (κ3) is 4.54. The predicted molar refractivity (Wildman–Crippen MR) is 131 cm³/mol. The Balaban J connectivity index is 1.65. The van der Waals surface area contributed by atoms with E-state index in [1.165, 1.54) is 17.0 Å². The largest absolute Gasteiger partial charge is 0.497 e. The summed E-state index contributed by atoms with van der Waals surface area (Å²) in [5.74, 6) is 0.348. The van der Waals surface area contributed by atoms with Crippen molar-refractivity contribution in [2.24, 2.45) is 0 Å². The van der Waals surface area contributed by atoms with Crippen LogP contribution in [0.1, 0.15) is 16.7 Å². The summed E-state index contributed by atoms with van der Waals surface area (Å²) in [5, 5.41) is 0. The van der Waals surface area contributed by atoms with Crippen molar-refractivity contribution in [3.63, 3.8) is 0 Å². The normalized spacial score (nSPS) is 14.8. The van der Waals surface area contributed by atoms with E-state index < -0.39 is 5.82 Å². The molecule has 162 valence electrons. The number of benzene rings is 3. The summed E-state index contributed by atoms with van der Waals surface area (Å²) < 4.78 is 26.0. The van der Waals surface area contributed by atoms with Gasteiger partial charge in [-0.25, -0.2) is 4.39 Å². The molecule has 0 bridgehead atoms. The Morgan fingerprint density at radius 1 is 1.09 bits per heavy atom. The van der Waals surface area contributed by atoms with Crippen molar-refractivity contribution in [2.75, 3.05) is 12.0 Å². The highest BCUT2D eigenvalue weighted by Crippen LogP contribution is 2.38. The van der Waals surface area contributed by atoms with Gasteiger partial charge in [0.15, 0.2) is 4.32 Å². The fourth-order valence-corrected chi connectivity index (χ4v) is 4.55. The molecule has 0 N–H and O–H groups in total. The molecule has 4 nitrogen and oxygen atoms in total. The number of anilines is 1. The van der Waals surface area contributed by atoms with E-state index in [1.807, 2.05) is 31.2 Å². The summed E-state index contributed by atoms with van der Waals surface area (Å²) in [7, 11) is 1.57. The van der Waals surface area contributed by atoms with Crippen molar-refractivity contribution in [2.45, 2.75) is 13.5 Å². The first-order valence-corrected chi connectivity index (χ1v) is 11.1. The van der Waals surface area contributed by atoms with Crippen molar-refractivity contribution in [3.8, 4) is 11.5 Å². The van der Waals surface area contributed by atoms with Crippen molar-refractivity contribution in [3.05, 3.63) is 94.1 Å². The maximum absolute atomic E-state index is 14.3. The van der Waals surface area contributed by atoms with E-state index in [4.69, 9.17) is 21.7 Å². The monoisotopic (exact) mass is 465 g/mol. The van der Waals surface area contributed by atoms with Gasteiger partial charge in [0.05, 0.1) is 17.7 Å². The fourth-order valence-electron chi connectivity index (χ4n) is 3.28. The number of rotatable bonds is 6. The van der Waals surface area contributed by atoms with E-state index in [0.29, 0.717) is 28.6 Å². The molecule has 0 unspecified atom stereocenters. The van der Waals surface area contributed by atoms with Gasteiger partial charge in [-0.1, -0.05) is 60.4 Å². The van der Waals surface area contributed by atoms with Gasteiger partial charge in [0, 0.05) is 5.56 Å². The minimum Gasteiger partial charge on any atom is -0.497 e. The number of hydrogen-bond acceptors (Lipinski definition) is 5. The number of hydrogen-bond donors (Lipinski definition) is 0. The first-order valence-electron chi connectivity index (χ1n) is 9.86. The predicted octanol–water partition coefficient (Wildman–Crippen LogP) is 6.13. The van der Waals surface area contributed by atoms with Crippen molar-refractivity contribution in [1.82, 2.24) is 0 Å². The quantitative estimate of drug-likeness (QED) is 0.324. The fraction of sp³-hybridized carbons (Fsp3) is 0.120. The third-order valence-corrected chi connectivity index (χ3v) is 6.34. The Labute approximate surface area is 195 Å². The molecule has 32 heavy (non-hydrogen) atoms. The number of thiocarbonyl (C=S) groups is 1. The van der Waals surface area contributed by atoms with E-state index in [2.05, 4.69) is 0 Å². The lowest BCUT2D eigenvalue weighted by Crippen LogP contribution is -2.28. The highest BCUT2D eigenvalue weighted by atomic mass is 32.2. The molecule has 1 aliphatic rings. The van der Waals surface area contributed by atoms with Gasteiger partial charge in [0.2, 0.25) is 0 Å². The molecule has 0 atom stereocenters. The number of methoxy groups -OCH3 is 1. The highest BCUT2D eigenvalue weighted by Gasteiger charge is 2.34. The zero-order chi connectivity index (χ0) is 22.7. The SMILES string of the molecule is COc1ccc(OCc2ccccc2C)c(C=C2SC(=S)N(c3ccccc3F)C2=O)c1. The van der Waals surface area contributed by atoms with Crippen molar-refractivity contribution < 1.29 is 18.7 Å². The number of thioether (sulfide) groups is 1. The van der Waals surface area contributed by atoms with E-state index in [0.717, 1.165) is 22.9 Å². The highest BCUT2D eigenvalue weighted by molar-refractivity contribution is 8.27. The molecule has 0 aliphatic carbocycles. The number of carbonyl (C=O) groups excluding carboxylic acids is 1. The van der Waals surface area contributed by atoms with Crippen molar-refractivity contribution in [1.29, 1.82) is 0 Å². The number of amides is 1. The zero-order valence-electron chi connectivity index (χ0n) is 17.5. The second-order valence-corrected chi connectivity index (χ2v) is 8.76. The van der Waals surface area contributed by atoms with Crippen molar-refractivity contribution >= 4 is 46.0 Å². The molecule has 0 radical (unpaired) electrons. The molecule has 7 heteroatoms. The van der Waals surface area contributed by atoms with Gasteiger partial charge < -0.3 is 9.47 Å². The summed E-state index contributed by atoms with van der Waals surface area (Å²) in [6.45, 7) is 2.41. The Bertz CT molecular complexity index is 1230. The smallest absolute Gasteiger partial charge is 0.270 e. The van der Waals surface area contributed by atoms with Gasteiger partial charge >= 0.3 is 0 Å². The van der Waals surface area contributed by atoms with E-state index in [1.54, 1.807) is 43.5 Å². The lowest BCUT2D eigenvalue weighted by Gasteiger charge is -2.15. The number of para-hydroxylation sites is 1. The molecule has 0 aromatic heterocycles. The number of ether oxygens (including phenoxy) is 2. The molecular formula is C25H20FNO3S2. The van der Waals surface area contributed by atoms with Crippen LogP contribution >= 0.6 is 24.0 Å². The molecule has 0 spiro atoms. The first kappa shape index (κ1) is 22.0. The third-order valence-electron chi connectivity index (χ3n) is 5.04. The molecule has 4 rings (SSSR count). The lowest BCUT2D eigenvalue weighted by atomic mass is 10.1. The molecule has 1 fully saturated rings. The summed E-state index contributed by atoms with van der Waals surface area (Å²) in [5.41, 5.74) is 3.01. The molecule has 0 saturated carbocycles. The van der Waals surface area contributed by atoms with Crippen LogP contribution in [0.3, 0.4) is 0 Å². The van der Waals surface area contributed by atoms with Crippen LogP contribution in [-0.4, -0.2) is 17.3 Å². The summed E-state index contributed by atoms with van der Waals surface area (Å²) in [6, 6.07) is 19.5. The van der Waals surface area contributed by atoms with E-state index in [-0.39, 0.29) is 15.9 Å². The topological polar surface area (TPSA) is 38.8 Å². The average molecular weight is 466 g/mol. The van der Waals surface area contributed by atoms with Crippen LogP contribution in [0.15, 0.2) is 71.6 Å². The minimum absolute atomic E-state index is 0.139. The zero-order valence-corrected chi connectivity index (χ0v) is 19.1. The van der Waals surface area contributed by atoms with E-state index in [9.17, 15) is 9.18 Å². The lowest BCUT2D eigenvalue weighted by molar-refractivity contribution is -0.113. The Hall–Kier alpha value is -3.16.